The van der Waals surface area contributed by atoms with Crippen molar-refractivity contribution in [3.05, 3.63) is 47.3 Å². The Morgan fingerprint density at radius 1 is 1.39 bits per heavy atom. The van der Waals surface area contributed by atoms with Crippen molar-refractivity contribution in [1.82, 2.24) is 10.2 Å². The van der Waals surface area contributed by atoms with E-state index in [4.69, 9.17) is 11.6 Å². The smallest absolute Gasteiger partial charge is 0.129 e. The van der Waals surface area contributed by atoms with Gasteiger partial charge in [-0.1, -0.05) is 23.7 Å². The molecule has 100 valence electrons. The predicted molar refractivity (Wildman–Crippen MR) is 76.0 cm³/mol. The van der Waals surface area contributed by atoms with E-state index < -0.39 is 0 Å². The van der Waals surface area contributed by atoms with Crippen LogP contribution in [0.4, 0.5) is 4.39 Å². The van der Waals surface area contributed by atoms with E-state index in [-0.39, 0.29) is 24.3 Å². The zero-order chi connectivity index (χ0) is 12.3. The molecular weight excluding hydrogens is 274 g/mol. The summed E-state index contributed by atoms with van der Waals surface area (Å²) in [5, 5.41) is 3.74. The molecule has 1 aromatic carbocycles. The van der Waals surface area contributed by atoms with Crippen molar-refractivity contribution in [3.63, 3.8) is 0 Å². The Balaban J connectivity index is 0.00000162. The highest BCUT2D eigenvalue weighted by Crippen LogP contribution is 2.30. The maximum absolute atomic E-state index is 13.9. The van der Waals surface area contributed by atoms with Crippen LogP contribution in [0.3, 0.4) is 0 Å². The lowest BCUT2D eigenvalue weighted by Crippen LogP contribution is -2.44. The second-order valence-electron chi connectivity index (χ2n) is 4.10. The van der Waals surface area contributed by atoms with Crippen LogP contribution in [0.5, 0.6) is 0 Å². The molecule has 1 aliphatic heterocycles. The van der Waals surface area contributed by atoms with E-state index in [2.05, 4.69) is 16.8 Å². The van der Waals surface area contributed by atoms with E-state index in [1.807, 2.05) is 0 Å². The fourth-order valence-electron chi connectivity index (χ4n) is 2.20. The molecular formula is C13H17Cl2FN2. The molecule has 0 aromatic heterocycles. The van der Waals surface area contributed by atoms with Crippen LogP contribution in [0.2, 0.25) is 5.02 Å². The minimum atomic E-state index is -0.263. The third-order valence-electron chi connectivity index (χ3n) is 3.06. The maximum Gasteiger partial charge on any atom is 0.129 e. The zero-order valence-corrected chi connectivity index (χ0v) is 11.6. The van der Waals surface area contributed by atoms with Crippen LogP contribution in [0.25, 0.3) is 0 Å². The van der Waals surface area contributed by atoms with Gasteiger partial charge in [-0.15, -0.1) is 19.0 Å². The predicted octanol–water partition coefficient (Wildman–Crippen LogP) is 3.03. The SMILES string of the molecule is C=C[C@@H](c1c(F)cccc1Cl)N1CCNCC1.Cl. The number of nitrogens with zero attached hydrogens (tertiary/aromatic N) is 1. The van der Waals surface area contributed by atoms with Crippen molar-refractivity contribution in [1.29, 1.82) is 0 Å². The van der Waals surface area contributed by atoms with Crippen LogP contribution in [0, 0.1) is 5.82 Å². The summed E-state index contributed by atoms with van der Waals surface area (Å²) in [6.45, 7) is 7.39. The van der Waals surface area contributed by atoms with Gasteiger partial charge in [0, 0.05) is 36.8 Å². The minimum absolute atomic E-state index is 0. The molecule has 0 radical (unpaired) electrons. The van der Waals surface area contributed by atoms with Gasteiger partial charge in [0.1, 0.15) is 5.82 Å². The van der Waals surface area contributed by atoms with Crippen LogP contribution < -0.4 is 5.32 Å². The van der Waals surface area contributed by atoms with Gasteiger partial charge in [-0.2, -0.15) is 0 Å². The molecule has 1 aliphatic rings. The van der Waals surface area contributed by atoms with Gasteiger partial charge in [0.2, 0.25) is 0 Å². The van der Waals surface area contributed by atoms with Crippen LogP contribution in [-0.2, 0) is 0 Å². The molecule has 5 heteroatoms. The summed E-state index contributed by atoms with van der Waals surface area (Å²) in [5.41, 5.74) is 0.533. The van der Waals surface area contributed by atoms with E-state index in [1.165, 1.54) is 6.07 Å². The molecule has 1 atom stereocenters. The minimum Gasteiger partial charge on any atom is -0.314 e. The van der Waals surface area contributed by atoms with Crippen molar-refractivity contribution in [2.75, 3.05) is 26.2 Å². The Kier molecular flexibility index (Phi) is 6.09. The highest BCUT2D eigenvalue weighted by molar-refractivity contribution is 6.31. The summed E-state index contributed by atoms with van der Waals surface area (Å²) < 4.78 is 13.9. The van der Waals surface area contributed by atoms with Gasteiger partial charge >= 0.3 is 0 Å². The van der Waals surface area contributed by atoms with Crippen molar-refractivity contribution < 1.29 is 4.39 Å². The molecule has 2 nitrogen and oxygen atoms in total. The Hall–Kier alpha value is -0.610. The molecule has 1 aromatic rings. The van der Waals surface area contributed by atoms with Gasteiger partial charge < -0.3 is 5.32 Å². The van der Waals surface area contributed by atoms with Gasteiger partial charge in [0.05, 0.1) is 6.04 Å². The summed E-state index contributed by atoms with van der Waals surface area (Å²) in [6, 6.07) is 4.64. The number of hydrogen-bond donors (Lipinski definition) is 1. The number of rotatable bonds is 3. The van der Waals surface area contributed by atoms with Gasteiger partial charge in [-0.25, -0.2) is 4.39 Å². The van der Waals surface area contributed by atoms with Crippen molar-refractivity contribution in [2.24, 2.45) is 0 Å². The lowest BCUT2D eigenvalue weighted by molar-refractivity contribution is 0.200. The molecule has 0 aliphatic carbocycles. The molecule has 1 saturated heterocycles. The molecule has 18 heavy (non-hydrogen) atoms. The molecule has 1 fully saturated rings. The summed E-state index contributed by atoms with van der Waals surface area (Å²) >= 11 is 6.09. The average molecular weight is 291 g/mol. The lowest BCUT2D eigenvalue weighted by atomic mass is 10.0. The fraction of sp³-hybridized carbons (Fsp3) is 0.385. The van der Waals surface area contributed by atoms with E-state index in [1.54, 1.807) is 18.2 Å². The summed E-state index contributed by atoms with van der Waals surface area (Å²) in [5.74, 6) is -0.263. The van der Waals surface area contributed by atoms with Gasteiger partial charge in [-0.05, 0) is 12.1 Å². The number of nitrogens with one attached hydrogen (secondary N) is 1. The molecule has 0 saturated carbocycles. The Labute approximate surface area is 118 Å². The van der Waals surface area contributed by atoms with Crippen LogP contribution in [0.15, 0.2) is 30.9 Å². The summed E-state index contributed by atoms with van der Waals surface area (Å²) in [7, 11) is 0. The topological polar surface area (TPSA) is 15.3 Å². The normalized spacial score (nSPS) is 17.9. The van der Waals surface area contributed by atoms with Crippen LogP contribution in [-0.4, -0.2) is 31.1 Å². The van der Waals surface area contributed by atoms with E-state index >= 15 is 0 Å². The Morgan fingerprint density at radius 3 is 2.61 bits per heavy atom. The number of hydrogen-bond acceptors (Lipinski definition) is 2. The first-order valence-electron chi connectivity index (χ1n) is 5.75. The first kappa shape index (κ1) is 15.4. The molecule has 2 rings (SSSR count). The average Bonchev–Trinajstić information content (AvgIpc) is 2.35. The standard InChI is InChI=1S/C13H16ClFN2.ClH/c1-2-12(17-8-6-16-7-9-17)13-10(14)4-3-5-11(13)15;/h2-5,12,16H,1,6-9H2;1H/t12-;/m0./s1. The van der Waals surface area contributed by atoms with Crippen molar-refractivity contribution in [3.8, 4) is 0 Å². The van der Waals surface area contributed by atoms with Crippen molar-refractivity contribution >= 4 is 24.0 Å². The molecule has 0 spiro atoms. The van der Waals surface area contributed by atoms with Crippen LogP contribution >= 0.6 is 24.0 Å². The quantitative estimate of drug-likeness (QED) is 0.861. The lowest BCUT2D eigenvalue weighted by Gasteiger charge is -2.33. The Bertz CT molecular complexity index is 386. The highest BCUT2D eigenvalue weighted by Gasteiger charge is 2.23. The maximum atomic E-state index is 13.9. The highest BCUT2D eigenvalue weighted by atomic mass is 35.5. The number of halogens is 3. The third-order valence-corrected chi connectivity index (χ3v) is 3.39. The second-order valence-corrected chi connectivity index (χ2v) is 4.51. The molecule has 1 N–H and O–H groups in total. The second kappa shape index (κ2) is 7.10. The van der Waals surface area contributed by atoms with Crippen molar-refractivity contribution in [2.45, 2.75) is 6.04 Å². The van der Waals surface area contributed by atoms with E-state index in [9.17, 15) is 4.39 Å². The molecule has 1 heterocycles. The molecule has 0 bridgehead atoms. The summed E-state index contributed by atoms with van der Waals surface area (Å²) in [6.07, 6.45) is 1.76. The van der Waals surface area contributed by atoms with Gasteiger partial charge in [0.15, 0.2) is 0 Å². The van der Waals surface area contributed by atoms with Crippen LogP contribution in [0.1, 0.15) is 11.6 Å². The Morgan fingerprint density at radius 2 is 2.06 bits per heavy atom. The van der Waals surface area contributed by atoms with E-state index in [0.717, 1.165) is 26.2 Å². The number of piperazine rings is 1. The van der Waals surface area contributed by atoms with Gasteiger partial charge in [-0.3, -0.25) is 4.90 Å². The first-order valence-corrected chi connectivity index (χ1v) is 6.13. The monoisotopic (exact) mass is 290 g/mol. The van der Waals surface area contributed by atoms with E-state index in [0.29, 0.717) is 10.6 Å². The largest absolute Gasteiger partial charge is 0.314 e. The zero-order valence-electron chi connectivity index (χ0n) is 10.0. The fourth-order valence-corrected chi connectivity index (χ4v) is 2.48. The first-order chi connectivity index (χ1) is 8.24. The third kappa shape index (κ3) is 3.23. The molecule has 0 unspecified atom stereocenters. The summed E-state index contributed by atoms with van der Waals surface area (Å²) in [4.78, 5) is 2.19. The van der Waals surface area contributed by atoms with Gasteiger partial charge in [0.25, 0.3) is 0 Å². The molecule has 0 amide bonds. The number of benzene rings is 1.